The summed E-state index contributed by atoms with van der Waals surface area (Å²) in [4.78, 5) is 31.6. The van der Waals surface area contributed by atoms with Gasteiger partial charge in [0.2, 0.25) is 0 Å². The van der Waals surface area contributed by atoms with Gasteiger partial charge in [0, 0.05) is 29.6 Å². The van der Waals surface area contributed by atoms with Crippen molar-refractivity contribution in [3.8, 4) is 0 Å². The van der Waals surface area contributed by atoms with Crippen LogP contribution in [0, 0.1) is 0 Å². The van der Waals surface area contributed by atoms with E-state index in [9.17, 15) is 9.59 Å². The summed E-state index contributed by atoms with van der Waals surface area (Å²) in [5.74, 6) is -0.279. The maximum atomic E-state index is 13.5. The third-order valence-electron chi connectivity index (χ3n) is 4.95. The molecule has 1 aliphatic heterocycles. The monoisotopic (exact) mass is 419 g/mol. The number of hydrogen-bond acceptors (Lipinski definition) is 3. The zero-order valence-corrected chi connectivity index (χ0v) is 17.7. The summed E-state index contributed by atoms with van der Waals surface area (Å²) < 4.78 is 0. The first-order valence-electron chi connectivity index (χ1n) is 9.03. The Morgan fingerprint density at radius 3 is 2.18 bits per heavy atom. The number of hydrogen-bond donors (Lipinski definition) is 0. The van der Waals surface area contributed by atoms with E-state index < -0.39 is 5.54 Å². The molecule has 1 aliphatic rings. The van der Waals surface area contributed by atoms with Gasteiger partial charge in [-0.25, -0.2) is 9.69 Å². The van der Waals surface area contributed by atoms with Crippen LogP contribution in [-0.4, -0.2) is 54.5 Å². The van der Waals surface area contributed by atoms with Crippen molar-refractivity contribution in [2.24, 2.45) is 0 Å². The lowest BCUT2D eigenvalue weighted by molar-refractivity contribution is -0.124. The first-order chi connectivity index (χ1) is 13.2. The van der Waals surface area contributed by atoms with Crippen molar-refractivity contribution >= 4 is 40.8 Å². The molecule has 2 aromatic rings. The van der Waals surface area contributed by atoms with Crippen molar-refractivity contribution in [3.05, 3.63) is 64.1 Å². The smallest absolute Gasteiger partial charge is 0.308 e. The Hall–Kier alpha value is -2.08. The minimum Gasteiger partial charge on any atom is -0.308 e. The molecule has 3 amide bonds. The second kappa shape index (κ2) is 8.11. The molecule has 1 saturated heterocycles. The molecule has 3 rings (SSSR count). The van der Waals surface area contributed by atoms with Gasteiger partial charge >= 0.3 is 6.03 Å². The van der Waals surface area contributed by atoms with Gasteiger partial charge in [-0.05, 0) is 44.8 Å². The maximum Gasteiger partial charge on any atom is 0.332 e. The Balaban J connectivity index is 2.02. The van der Waals surface area contributed by atoms with Crippen LogP contribution in [-0.2, 0) is 11.2 Å². The maximum absolute atomic E-state index is 13.5. The fraction of sp³-hybridized carbons (Fsp3) is 0.333. The highest BCUT2D eigenvalue weighted by molar-refractivity contribution is 6.35. The lowest BCUT2D eigenvalue weighted by atomic mass is 9.91. The van der Waals surface area contributed by atoms with E-state index in [0.29, 0.717) is 35.2 Å². The molecule has 0 spiro atoms. The van der Waals surface area contributed by atoms with Gasteiger partial charge in [0.25, 0.3) is 5.91 Å². The highest BCUT2D eigenvalue weighted by Gasteiger charge is 2.54. The van der Waals surface area contributed by atoms with Crippen molar-refractivity contribution in [2.45, 2.75) is 18.9 Å². The van der Waals surface area contributed by atoms with E-state index in [1.165, 1.54) is 4.90 Å². The SMILES string of the molecule is CN(C)CCN1C(=O)N(c2cc(Cl)cc(Cl)c2)C(=O)C1(C)Cc1ccccc1. The quantitative estimate of drug-likeness (QED) is 0.654. The van der Waals surface area contributed by atoms with Gasteiger partial charge in [-0.2, -0.15) is 0 Å². The third-order valence-corrected chi connectivity index (χ3v) is 5.39. The number of carbonyl (C=O) groups is 2. The molecular formula is C21H23Cl2N3O2. The highest BCUT2D eigenvalue weighted by atomic mass is 35.5. The van der Waals surface area contributed by atoms with E-state index in [2.05, 4.69) is 0 Å². The predicted octanol–water partition coefficient (Wildman–Crippen LogP) is 4.33. The molecule has 0 radical (unpaired) electrons. The fourth-order valence-corrected chi connectivity index (χ4v) is 3.99. The molecule has 0 aliphatic carbocycles. The van der Waals surface area contributed by atoms with E-state index in [4.69, 9.17) is 23.2 Å². The number of halogens is 2. The van der Waals surface area contributed by atoms with Crippen LogP contribution in [0.3, 0.4) is 0 Å². The second-order valence-electron chi connectivity index (χ2n) is 7.44. The van der Waals surface area contributed by atoms with Gasteiger partial charge in [0.1, 0.15) is 5.54 Å². The normalized spacial score (nSPS) is 19.8. The van der Waals surface area contributed by atoms with Crippen LogP contribution < -0.4 is 4.90 Å². The molecule has 1 unspecified atom stereocenters. The van der Waals surface area contributed by atoms with E-state index in [1.54, 1.807) is 23.1 Å². The van der Waals surface area contributed by atoms with E-state index in [-0.39, 0.29) is 11.9 Å². The first kappa shape index (κ1) is 20.6. The molecule has 0 aromatic heterocycles. The minimum atomic E-state index is -0.997. The average Bonchev–Trinajstić information content (AvgIpc) is 2.79. The molecule has 148 valence electrons. The largest absolute Gasteiger partial charge is 0.332 e. The Kier molecular flexibility index (Phi) is 5.98. The number of likely N-dealkylation sites (N-methyl/N-ethyl adjacent to an activating group) is 1. The molecule has 1 atom stereocenters. The van der Waals surface area contributed by atoms with E-state index in [0.717, 1.165) is 5.56 Å². The third kappa shape index (κ3) is 4.02. The van der Waals surface area contributed by atoms with Crippen LogP contribution in [0.2, 0.25) is 10.0 Å². The van der Waals surface area contributed by atoms with Crippen LogP contribution in [0.1, 0.15) is 12.5 Å². The van der Waals surface area contributed by atoms with Crippen LogP contribution >= 0.6 is 23.2 Å². The fourth-order valence-electron chi connectivity index (χ4n) is 3.48. The summed E-state index contributed by atoms with van der Waals surface area (Å²) in [5.41, 5.74) is 0.384. The zero-order valence-electron chi connectivity index (χ0n) is 16.2. The Morgan fingerprint density at radius 2 is 1.61 bits per heavy atom. The van der Waals surface area contributed by atoms with Crippen molar-refractivity contribution in [2.75, 3.05) is 32.1 Å². The van der Waals surface area contributed by atoms with Gasteiger partial charge in [-0.1, -0.05) is 53.5 Å². The number of imide groups is 1. The molecule has 5 nitrogen and oxygen atoms in total. The van der Waals surface area contributed by atoms with Crippen molar-refractivity contribution < 1.29 is 9.59 Å². The summed E-state index contributed by atoms with van der Waals surface area (Å²) in [6.07, 6.45) is 0.427. The summed E-state index contributed by atoms with van der Waals surface area (Å²) in [7, 11) is 3.87. The first-order valence-corrected chi connectivity index (χ1v) is 9.79. The minimum absolute atomic E-state index is 0.279. The molecule has 0 N–H and O–H groups in total. The van der Waals surface area contributed by atoms with E-state index in [1.807, 2.05) is 56.3 Å². The van der Waals surface area contributed by atoms with Crippen molar-refractivity contribution in [1.29, 1.82) is 0 Å². The zero-order chi connectivity index (χ0) is 20.5. The van der Waals surface area contributed by atoms with Crippen molar-refractivity contribution in [1.82, 2.24) is 9.80 Å². The molecule has 1 heterocycles. The number of amides is 3. The number of anilines is 1. The Labute approximate surface area is 175 Å². The summed E-state index contributed by atoms with van der Waals surface area (Å²) in [6.45, 7) is 2.90. The number of nitrogens with zero attached hydrogens (tertiary/aromatic N) is 3. The summed E-state index contributed by atoms with van der Waals surface area (Å²) >= 11 is 12.2. The number of carbonyl (C=O) groups excluding carboxylic acids is 2. The molecule has 0 saturated carbocycles. The average molecular weight is 420 g/mol. The second-order valence-corrected chi connectivity index (χ2v) is 8.31. The highest BCUT2D eigenvalue weighted by Crippen LogP contribution is 2.36. The predicted molar refractivity (Wildman–Crippen MR) is 113 cm³/mol. The van der Waals surface area contributed by atoms with Gasteiger partial charge in [0.05, 0.1) is 5.69 Å². The van der Waals surface area contributed by atoms with Gasteiger partial charge in [0.15, 0.2) is 0 Å². The molecule has 28 heavy (non-hydrogen) atoms. The van der Waals surface area contributed by atoms with E-state index >= 15 is 0 Å². The standard InChI is InChI=1S/C21H23Cl2N3O2/c1-21(14-15-7-5-4-6-8-15)19(27)26(18-12-16(22)11-17(23)13-18)20(28)25(21)10-9-24(2)3/h4-8,11-13H,9-10,14H2,1-3H3. The van der Waals surface area contributed by atoms with Crippen LogP contribution in [0.4, 0.5) is 10.5 Å². The topological polar surface area (TPSA) is 43.9 Å². The summed E-state index contributed by atoms with van der Waals surface area (Å²) in [5, 5.41) is 0.749. The molecule has 1 fully saturated rings. The van der Waals surface area contributed by atoms with Crippen LogP contribution in [0.15, 0.2) is 48.5 Å². The molecule has 0 bridgehead atoms. The molecule has 7 heteroatoms. The van der Waals surface area contributed by atoms with Crippen molar-refractivity contribution in [3.63, 3.8) is 0 Å². The Bertz CT molecular complexity index is 868. The lowest BCUT2D eigenvalue weighted by Gasteiger charge is -2.32. The Morgan fingerprint density at radius 1 is 1.00 bits per heavy atom. The number of urea groups is 1. The molecule has 2 aromatic carbocycles. The lowest BCUT2D eigenvalue weighted by Crippen LogP contribution is -2.50. The van der Waals surface area contributed by atoms with Gasteiger partial charge in [-0.15, -0.1) is 0 Å². The molecular weight excluding hydrogens is 397 g/mol. The summed E-state index contributed by atoms with van der Waals surface area (Å²) in [6, 6.07) is 14.1. The van der Waals surface area contributed by atoms with Crippen LogP contribution in [0.25, 0.3) is 0 Å². The van der Waals surface area contributed by atoms with Crippen LogP contribution in [0.5, 0.6) is 0 Å². The number of benzene rings is 2. The number of rotatable bonds is 6. The van der Waals surface area contributed by atoms with Gasteiger partial charge in [-0.3, -0.25) is 4.79 Å². The van der Waals surface area contributed by atoms with Gasteiger partial charge < -0.3 is 9.80 Å².